The molecule has 0 spiro atoms. The first kappa shape index (κ1) is 87.0. The molecular weight excluding hydrogens is 1130 g/mol. The number of carboxylic acid groups (broad SMARTS) is 1. The smallest absolute Gasteiger partial charge is 0.306 e. The van der Waals surface area contributed by atoms with Crippen molar-refractivity contribution in [3.63, 3.8) is 0 Å². The van der Waals surface area contributed by atoms with Crippen LogP contribution in [-0.4, -0.2) is 82.3 Å². The molecule has 0 fully saturated rings. The zero-order valence-corrected chi connectivity index (χ0v) is 59.9. The van der Waals surface area contributed by atoms with Crippen molar-refractivity contribution in [3.8, 4) is 0 Å². The van der Waals surface area contributed by atoms with Crippen LogP contribution in [0.4, 0.5) is 0 Å². The van der Waals surface area contributed by atoms with Gasteiger partial charge in [0, 0.05) is 12.8 Å². The maximum Gasteiger partial charge on any atom is 0.306 e. The topological polar surface area (TPSA) is 111 Å². The third-order valence-corrected chi connectivity index (χ3v) is 16.5. The van der Waals surface area contributed by atoms with E-state index >= 15 is 0 Å². The van der Waals surface area contributed by atoms with E-state index in [0.717, 1.165) is 96.3 Å². The minimum atomic E-state index is -1.63. The zero-order chi connectivity index (χ0) is 66.1. The molecule has 0 aromatic heterocycles. The molecule has 0 aliphatic carbocycles. The summed E-state index contributed by atoms with van der Waals surface area (Å²) in [5.41, 5.74) is 0. The van der Waals surface area contributed by atoms with Crippen molar-refractivity contribution in [3.05, 3.63) is 109 Å². The summed E-state index contributed by atoms with van der Waals surface area (Å²) in [5.74, 6) is -2.28. The SMILES string of the molecule is CC/C=C\C/C=C\C/C=C\C/C=C\C/C=C\C/C=C\CCCCCCCCCCCCC(=O)OC(COC(=O)CCCCCCCCCCCCCCCCCCCCCCCC/C=C\C/C=C\C/C=C\CCCCCCC)COC(OCC[N+](C)(C)C)C(=O)[O-]. The number of allylic oxidation sites excluding steroid dienone is 18. The maximum absolute atomic E-state index is 13.0. The molecule has 0 heterocycles. The minimum Gasteiger partial charge on any atom is -0.545 e. The third kappa shape index (κ3) is 73.2. The lowest BCUT2D eigenvalue weighted by atomic mass is 10.0. The molecule has 0 aliphatic rings. The molecule has 0 aromatic carbocycles. The van der Waals surface area contributed by atoms with Crippen LogP contribution < -0.4 is 5.11 Å². The van der Waals surface area contributed by atoms with Crippen molar-refractivity contribution < 1.29 is 42.9 Å². The number of nitrogens with zero attached hydrogens (tertiary/aromatic N) is 1. The van der Waals surface area contributed by atoms with E-state index in [1.54, 1.807) is 0 Å². The number of hydrogen-bond acceptors (Lipinski definition) is 8. The molecule has 0 aliphatic heterocycles. The molecule has 524 valence electrons. The van der Waals surface area contributed by atoms with Crippen LogP contribution in [0.5, 0.6) is 0 Å². The van der Waals surface area contributed by atoms with E-state index in [1.807, 2.05) is 21.1 Å². The Labute approximate surface area is 562 Å². The monoisotopic (exact) mass is 1270 g/mol. The van der Waals surface area contributed by atoms with Crippen molar-refractivity contribution in [1.29, 1.82) is 0 Å². The normalized spacial score (nSPS) is 13.3. The summed E-state index contributed by atoms with van der Waals surface area (Å²) >= 11 is 0. The Morgan fingerprint density at radius 2 is 0.626 bits per heavy atom. The van der Waals surface area contributed by atoms with Crippen molar-refractivity contribution in [2.45, 2.75) is 347 Å². The summed E-state index contributed by atoms with van der Waals surface area (Å²) in [4.78, 5) is 37.6. The van der Waals surface area contributed by atoms with E-state index in [9.17, 15) is 19.5 Å². The van der Waals surface area contributed by atoms with Crippen molar-refractivity contribution in [2.24, 2.45) is 0 Å². The summed E-state index contributed by atoms with van der Waals surface area (Å²) in [6, 6.07) is 0. The fourth-order valence-electron chi connectivity index (χ4n) is 10.7. The van der Waals surface area contributed by atoms with Gasteiger partial charge in [0.25, 0.3) is 0 Å². The first-order valence-electron chi connectivity index (χ1n) is 38.0. The number of likely N-dealkylation sites (N-methyl/N-ethyl adjacent to an activating group) is 1. The number of quaternary nitrogens is 1. The Bertz CT molecular complexity index is 1870. The summed E-state index contributed by atoms with van der Waals surface area (Å²) in [5, 5.41) is 11.8. The molecule has 9 nitrogen and oxygen atoms in total. The van der Waals surface area contributed by atoms with Gasteiger partial charge >= 0.3 is 11.9 Å². The number of aliphatic carboxylic acids is 1. The number of hydrogen-bond donors (Lipinski definition) is 0. The average molecular weight is 1270 g/mol. The Morgan fingerprint density at radius 1 is 0.341 bits per heavy atom. The predicted molar refractivity (Wildman–Crippen MR) is 389 cm³/mol. The Hall–Kier alpha value is -4.05. The van der Waals surface area contributed by atoms with Gasteiger partial charge in [0.15, 0.2) is 12.4 Å². The van der Waals surface area contributed by atoms with E-state index in [0.29, 0.717) is 17.4 Å². The number of esters is 2. The Balaban J connectivity index is 4.05. The zero-order valence-electron chi connectivity index (χ0n) is 59.9. The van der Waals surface area contributed by atoms with Crippen molar-refractivity contribution in [2.75, 3.05) is 47.5 Å². The van der Waals surface area contributed by atoms with Gasteiger partial charge in [-0.1, -0.05) is 329 Å². The number of rotatable bonds is 70. The highest BCUT2D eigenvalue weighted by Crippen LogP contribution is 2.18. The highest BCUT2D eigenvalue weighted by Gasteiger charge is 2.22. The molecule has 0 bridgehead atoms. The standard InChI is InChI=1S/C82H143NO8/c1-6-8-10-12-14-16-18-20-22-24-26-28-30-32-34-36-37-38-39-40-41-42-43-45-46-48-50-52-54-56-58-60-62-64-66-68-70-72-79(84)89-76-78(77-90-82(81(86)87)88-75-74-83(3,4)5)91-80(85)73-71-69-67-65-63-61-59-57-55-53-51-49-47-44-35-33-31-29-27-25-23-21-19-17-15-13-11-9-7-2/h9,11,15,17-18,20-21,23-24,26-27,29-30,32-33,35,47,49,78,82H,6-8,10,12-14,16,19,22,25,28,31,34,36-46,48,50-77H2,1-5H3/b11-9-,17-15-,20-18-,23-21-,26-24-,29-27-,32-30-,35-33-,49-47-. The lowest BCUT2D eigenvalue weighted by molar-refractivity contribution is -0.870. The predicted octanol–water partition coefficient (Wildman–Crippen LogP) is 22.8. The van der Waals surface area contributed by atoms with Crippen LogP contribution in [0.15, 0.2) is 109 Å². The highest BCUT2D eigenvalue weighted by atomic mass is 16.7. The van der Waals surface area contributed by atoms with E-state index in [4.69, 9.17) is 18.9 Å². The second-order valence-corrected chi connectivity index (χ2v) is 26.6. The minimum absolute atomic E-state index is 0.144. The van der Waals surface area contributed by atoms with Gasteiger partial charge < -0.3 is 33.3 Å². The molecule has 2 atom stereocenters. The van der Waals surface area contributed by atoms with Gasteiger partial charge in [-0.15, -0.1) is 0 Å². The number of carboxylic acids is 1. The summed E-state index contributed by atoms with van der Waals surface area (Å²) < 4.78 is 22.8. The van der Waals surface area contributed by atoms with Crippen LogP contribution in [0.25, 0.3) is 0 Å². The molecular formula is C82H143NO8. The fraction of sp³-hybridized carbons (Fsp3) is 0.744. The Kier molecular flexibility index (Phi) is 68.6. The maximum atomic E-state index is 13.0. The quantitative estimate of drug-likeness (QED) is 0.0195. The second kappa shape index (κ2) is 71.8. The molecule has 0 rings (SSSR count). The van der Waals surface area contributed by atoms with Gasteiger partial charge in [0.2, 0.25) is 0 Å². The second-order valence-electron chi connectivity index (χ2n) is 26.6. The highest BCUT2D eigenvalue weighted by molar-refractivity contribution is 5.70. The van der Waals surface area contributed by atoms with E-state index < -0.39 is 24.3 Å². The van der Waals surface area contributed by atoms with Gasteiger partial charge in [0.05, 0.1) is 40.3 Å². The van der Waals surface area contributed by atoms with Crippen LogP contribution in [-0.2, 0) is 33.3 Å². The molecule has 0 saturated heterocycles. The molecule has 0 radical (unpaired) electrons. The number of carbonyl (C=O) groups is 3. The van der Waals surface area contributed by atoms with Gasteiger partial charge in [-0.2, -0.15) is 0 Å². The summed E-state index contributed by atoms with van der Waals surface area (Å²) in [6.45, 7) is 4.65. The van der Waals surface area contributed by atoms with Crippen LogP contribution >= 0.6 is 0 Å². The van der Waals surface area contributed by atoms with Crippen molar-refractivity contribution in [1.82, 2.24) is 0 Å². The van der Waals surface area contributed by atoms with Crippen LogP contribution in [0.1, 0.15) is 335 Å². The third-order valence-electron chi connectivity index (χ3n) is 16.5. The number of ether oxygens (including phenoxy) is 4. The first-order chi connectivity index (χ1) is 44.6. The average Bonchev–Trinajstić information content (AvgIpc) is 3.66. The molecule has 0 amide bonds. The van der Waals surface area contributed by atoms with Crippen molar-refractivity contribution >= 4 is 17.9 Å². The summed E-state index contributed by atoms with van der Waals surface area (Å²) in [7, 11) is 5.93. The van der Waals surface area contributed by atoms with E-state index in [1.165, 1.54) is 205 Å². The Morgan fingerprint density at radius 3 is 0.934 bits per heavy atom. The lowest BCUT2D eigenvalue weighted by Gasteiger charge is -2.26. The van der Waals surface area contributed by atoms with Crippen LogP contribution in [0.3, 0.4) is 0 Å². The molecule has 0 N–H and O–H groups in total. The van der Waals surface area contributed by atoms with Gasteiger partial charge in [0.1, 0.15) is 13.2 Å². The van der Waals surface area contributed by atoms with Gasteiger partial charge in [-0.25, -0.2) is 0 Å². The van der Waals surface area contributed by atoms with Crippen LogP contribution in [0.2, 0.25) is 0 Å². The number of carbonyl (C=O) groups excluding carboxylic acids is 3. The van der Waals surface area contributed by atoms with Gasteiger partial charge in [-0.3, -0.25) is 9.59 Å². The summed E-state index contributed by atoms with van der Waals surface area (Å²) in [6.07, 6.45) is 97.6. The molecule has 2 unspecified atom stereocenters. The fourth-order valence-corrected chi connectivity index (χ4v) is 10.7. The molecule has 9 heteroatoms. The first-order valence-corrected chi connectivity index (χ1v) is 38.0. The van der Waals surface area contributed by atoms with Crippen LogP contribution in [0, 0.1) is 0 Å². The molecule has 0 saturated carbocycles. The van der Waals surface area contributed by atoms with E-state index in [2.05, 4.69) is 123 Å². The molecule has 91 heavy (non-hydrogen) atoms. The largest absolute Gasteiger partial charge is 0.545 e. The number of unbranched alkanes of at least 4 members (excludes halogenated alkanes) is 37. The molecule has 0 aromatic rings. The van der Waals surface area contributed by atoms with Gasteiger partial charge in [-0.05, 0) is 103 Å². The van der Waals surface area contributed by atoms with E-state index in [-0.39, 0.29) is 38.6 Å². The lowest BCUT2D eigenvalue weighted by Crippen LogP contribution is -2.44.